The molecule has 0 aliphatic rings. The first-order chi connectivity index (χ1) is 24.0. The lowest BCUT2D eigenvalue weighted by atomic mass is 10.2. The number of carbonyl (C=O) groups is 4. The Morgan fingerprint density at radius 2 is 1.04 bits per heavy atom. The molecule has 0 aliphatic heterocycles. The number of amides is 2. The van der Waals surface area contributed by atoms with E-state index in [1.54, 1.807) is 40.7 Å². The Morgan fingerprint density at radius 1 is 0.647 bits per heavy atom. The van der Waals surface area contributed by atoms with Crippen LogP contribution in [0.2, 0.25) is 0 Å². The van der Waals surface area contributed by atoms with E-state index < -0.39 is 78.4 Å². The molecule has 1 rings (SSSR count). The molecule has 2 amide bonds. The zero-order chi connectivity index (χ0) is 38.6. The van der Waals surface area contributed by atoms with Crippen molar-refractivity contribution < 1.29 is 74.4 Å². The molecule has 0 heterocycles. The third kappa shape index (κ3) is 17.9. The molecule has 0 aromatic heterocycles. The zero-order valence-corrected chi connectivity index (χ0v) is 31.7. The van der Waals surface area contributed by atoms with Crippen LogP contribution in [0, 0.1) is 6.92 Å². The minimum Gasteiger partial charge on any atom is -0.458 e. The summed E-state index contributed by atoms with van der Waals surface area (Å²) < 4.78 is 77.3. The highest BCUT2D eigenvalue weighted by atomic mass is 31.2. The Bertz CT molecular complexity index is 1430. The minimum atomic E-state index is -4.01. The summed E-state index contributed by atoms with van der Waals surface area (Å²) in [6, 6.07) is 4.45. The second-order valence-corrected chi connectivity index (χ2v) is 13.6. The highest BCUT2D eigenvalue weighted by Crippen LogP contribution is 2.50. The van der Waals surface area contributed by atoms with Crippen molar-refractivity contribution in [1.29, 1.82) is 0 Å². The van der Waals surface area contributed by atoms with Crippen molar-refractivity contribution in [3.05, 3.63) is 48.1 Å². The lowest BCUT2D eigenvalue weighted by Gasteiger charge is -2.22. The highest BCUT2D eigenvalue weighted by molar-refractivity contribution is 7.48. The molecule has 288 valence electrons. The third-order valence-corrected chi connectivity index (χ3v) is 8.98. The van der Waals surface area contributed by atoms with Crippen LogP contribution in [0.3, 0.4) is 0 Å². The number of ether oxygens (including phenoxy) is 4. The van der Waals surface area contributed by atoms with Crippen LogP contribution in [0.25, 0.3) is 0 Å². The second-order valence-electron chi connectivity index (χ2n) is 10.2. The van der Waals surface area contributed by atoms with Crippen LogP contribution in [0.15, 0.2) is 42.5 Å². The highest BCUT2D eigenvalue weighted by Gasteiger charge is 2.30. The third-order valence-electron chi connectivity index (χ3n) is 5.75. The summed E-state index contributed by atoms with van der Waals surface area (Å²) in [4.78, 5) is 49.7. The molecule has 2 atom stereocenters. The first kappa shape index (κ1) is 45.4. The van der Waals surface area contributed by atoms with E-state index in [-0.39, 0.29) is 48.9 Å². The molecule has 20 heteroatoms. The average Bonchev–Trinajstić information content (AvgIpc) is 3.05. The molecule has 18 nitrogen and oxygen atoms in total. The molecule has 0 bridgehead atoms. The number of rotatable bonds is 24. The lowest BCUT2D eigenvalue weighted by Crippen LogP contribution is -2.32. The van der Waals surface area contributed by atoms with Crippen LogP contribution in [-0.4, -0.2) is 89.2 Å². The first-order valence-corrected chi connectivity index (χ1v) is 18.7. The number of phosphoric acid groups is 2. The van der Waals surface area contributed by atoms with Crippen LogP contribution in [0.4, 0.5) is 21.0 Å². The van der Waals surface area contributed by atoms with Gasteiger partial charge in [-0.2, -0.15) is 0 Å². The maximum Gasteiger partial charge on any atom is 0.474 e. The van der Waals surface area contributed by atoms with Crippen LogP contribution in [-0.2, 0) is 64.8 Å². The summed E-state index contributed by atoms with van der Waals surface area (Å²) in [7, 11) is -8.01. The molecular weight excluding hydrogens is 718 g/mol. The van der Waals surface area contributed by atoms with E-state index in [4.69, 9.17) is 46.1 Å². The van der Waals surface area contributed by atoms with Crippen molar-refractivity contribution in [3.63, 3.8) is 0 Å². The summed E-state index contributed by atoms with van der Waals surface area (Å²) in [5.74, 6) is -1.52. The van der Waals surface area contributed by atoms with Gasteiger partial charge in [0.15, 0.2) is 12.2 Å². The number of esters is 2. The number of aryl methyl sites for hydroxylation is 1. The molecule has 0 radical (unpaired) electrons. The first-order valence-electron chi connectivity index (χ1n) is 15.8. The molecule has 2 unspecified atom stereocenters. The van der Waals surface area contributed by atoms with Crippen LogP contribution >= 0.6 is 15.6 Å². The molecule has 0 aliphatic carbocycles. The molecular formula is C31H48N2O16P2. The number of hydrogen-bond acceptors (Lipinski definition) is 16. The minimum absolute atomic E-state index is 0.00589. The van der Waals surface area contributed by atoms with Gasteiger partial charge in [0, 0.05) is 22.5 Å². The predicted octanol–water partition coefficient (Wildman–Crippen LogP) is 6.46. The van der Waals surface area contributed by atoms with Crippen LogP contribution in [0.1, 0.15) is 47.1 Å². The topological polar surface area (TPSA) is 219 Å². The van der Waals surface area contributed by atoms with Crippen LogP contribution < -0.4 is 10.6 Å². The van der Waals surface area contributed by atoms with E-state index in [2.05, 4.69) is 23.8 Å². The van der Waals surface area contributed by atoms with Gasteiger partial charge in [0.25, 0.3) is 0 Å². The summed E-state index contributed by atoms with van der Waals surface area (Å²) >= 11 is 0. The van der Waals surface area contributed by atoms with Gasteiger partial charge in [0.2, 0.25) is 0 Å². The fraction of sp³-hybridized carbons (Fsp3) is 0.548. The largest absolute Gasteiger partial charge is 0.474 e. The summed E-state index contributed by atoms with van der Waals surface area (Å²) in [5, 5.41) is 4.99. The Morgan fingerprint density at radius 3 is 1.41 bits per heavy atom. The number of hydrogen-bond donors (Lipinski definition) is 2. The number of nitrogens with one attached hydrogen (secondary N) is 2. The van der Waals surface area contributed by atoms with Crippen molar-refractivity contribution >= 4 is 51.1 Å². The monoisotopic (exact) mass is 766 g/mol. The fourth-order valence-corrected chi connectivity index (χ4v) is 5.85. The van der Waals surface area contributed by atoms with Gasteiger partial charge in [-0.1, -0.05) is 19.2 Å². The van der Waals surface area contributed by atoms with Gasteiger partial charge in [0.05, 0.1) is 39.6 Å². The maximum absolute atomic E-state index is 12.9. The van der Waals surface area contributed by atoms with E-state index in [0.717, 1.165) is 0 Å². The number of carbonyl (C=O) groups excluding carboxylic acids is 4. The smallest absolute Gasteiger partial charge is 0.458 e. The lowest BCUT2D eigenvalue weighted by molar-refractivity contribution is -0.143. The SMILES string of the molecule is C=C(C)C(=O)OCC(COP(=O)(OCC)OCC)OC(=O)Nc1ccc(C)c(NC(=O)OC(COC(=O)C(=C)C)COP(=O)(OCC)OCC)c1. The average molecular weight is 767 g/mol. The van der Waals surface area contributed by atoms with Crippen molar-refractivity contribution in [3.8, 4) is 0 Å². The van der Waals surface area contributed by atoms with E-state index in [0.29, 0.717) is 5.56 Å². The van der Waals surface area contributed by atoms with E-state index in [1.165, 1.54) is 26.0 Å². The maximum atomic E-state index is 12.9. The number of anilines is 2. The van der Waals surface area contributed by atoms with E-state index in [9.17, 15) is 28.3 Å². The predicted molar refractivity (Wildman–Crippen MR) is 184 cm³/mol. The van der Waals surface area contributed by atoms with Crippen molar-refractivity contribution in [2.75, 3.05) is 63.5 Å². The zero-order valence-electron chi connectivity index (χ0n) is 29.9. The standard InChI is InChI=1S/C31H48N2O16P2/c1-10-42-50(38,43-11-2)46-19-25(17-40-28(34)21(5)6)48-30(36)32-24-15-14-23(9)27(16-24)33-31(37)49-26(18-41-29(35)22(7)8)20-47-51(39,44-12-3)45-13-4/h14-16,25-26H,5,7,10-13,17-20H2,1-4,6,8-9H3,(H,32,36)(H,33,37). The summed E-state index contributed by atoms with van der Waals surface area (Å²) in [5.41, 5.74) is 1.07. The molecule has 51 heavy (non-hydrogen) atoms. The molecule has 0 saturated carbocycles. The summed E-state index contributed by atoms with van der Waals surface area (Å²) in [6.45, 7) is 15.8. The van der Waals surface area contributed by atoms with Crippen LogP contribution in [0.5, 0.6) is 0 Å². The van der Waals surface area contributed by atoms with Crippen molar-refractivity contribution in [1.82, 2.24) is 0 Å². The van der Waals surface area contributed by atoms with Gasteiger partial charge >= 0.3 is 39.8 Å². The summed E-state index contributed by atoms with van der Waals surface area (Å²) in [6.07, 6.45) is -4.58. The van der Waals surface area contributed by atoms with Gasteiger partial charge in [-0.05, 0) is 66.2 Å². The molecule has 0 fully saturated rings. The Hall–Kier alpha value is -3.60. The fourth-order valence-electron chi connectivity index (χ4n) is 3.44. The van der Waals surface area contributed by atoms with Gasteiger partial charge in [0.1, 0.15) is 13.2 Å². The quantitative estimate of drug-likeness (QED) is 0.0499. The van der Waals surface area contributed by atoms with Crippen molar-refractivity contribution in [2.24, 2.45) is 0 Å². The van der Waals surface area contributed by atoms with Gasteiger partial charge in [-0.25, -0.2) is 28.3 Å². The molecule has 2 N–H and O–H groups in total. The molecule has 0 spiro atoms. The van der Waals surface area contributed by atoms with Gasteiger partial charge in [-0.3, -0.25) is 37.8 Å². The normalized spacial score (nSPS) is 12.6. The Balaban J connectivity index is 3.07. The Kier molecular flexibility index (Phi) is 20.5. The molecule has 0 saturated heterocycles. The van der Waals surface area contributed by atoms with E-state index >= 15 is 0 Å². The van der Waals surface area contributed by atoms with Gasteiger partial charge < -0.3 is 18.9 Å². The number of benzene rings is 1. The molecule has 1 aromatic carbocycles. The molecule has 1 aromatic rings. The second kappa shape index (κ2) is 23.1. The van der Waals surface area contributed by atoms with Crippen molar-refractivity contribution in [2.45, 2.75) is 60.7 Å². The Labute approximate surface area is 297 Å². The number of phosphoric ester groups is 2. The van der Waals surface area contributed by atoms with E-state index in [1.807, 2.05) is 0 Å². The van der Waals surface area contributed by atoms with Gasteiger partial charge in [-0.15, -0.1) is 0 Å².